The molecule has 1 atom stereocenters. The third kappa shape index (κ3) is 5.38. The number of ether oxygens (including phenoxy) is 1. The Bertz CT molecular complexity index is 990. The number of benzene rings is 2. The number of carbonyl (C=O) groups excluding carboxylic acids is 2. The minimum absolute atomic E-state index is 0.0409. The highest BCUT2D eigenvalue weighted by atomic mass is 35.5. The van der Waals surface area contributed by atoms with Crippen LogP contribution in [0.25, 0.3) is 0 Å². The maximum atomic E-state index is 12.9. The summed E-state index contributed by atoms with van der Waals surface area (Å²) in [6, 6.07) is 11.8. The molecule has 2 aromatic rings. The van der Waals surface area contributed by atoms with Gasteiger partial charge in [-0.05, 0) is 37.8 Å². The first-order valence-corrected chi connectivity index (χ1v) is 11.1. The van der Waals surface area contributed by atoms with Gasteiger partial charge >= 0.3 is 0 Å². The summed E-state index contributed by atoms with van der Waals surface area (Å²) in [6.07, 6.45) is 2.70. The van der Waals surface area contributed by atoms with Gasteiger partial charge in [0.25, 0.3) is 5.91 Å². The van der Waals surface area contributed by atoms with Crippen LogP contribution >= 0.6 is 11.6 Å². The van der Waals surface area contributed by atoms with Crippen LogP contribution in [0.15, 0.2) is 36.4 Å². The van der Waals surface area contributed by atoms with Crippen molar-refractivity contribution in [2.24, 2.45) is 5.92 Å². The van der Waals surface area contributed by atoms with Gasteiger partial charge in [0.1, 0.15) is 5.75 Å². The lowest BCUT2D eigenvalue weighted by Gasteiger charge is -2.18. The Hall–Kier alpha value is -2.57. The number of anilines is 1. The maximum Gasteiger partial charge on any atom is 0.255 e. The van der Waals surface area contributed by atoms with Crippen LogP contribution in [-0.4, -0.2) is 43.0 Å². The molecule has 1 aliphatic heterocycles. The molecule has 1 saturated heterocycles. The molecule has 2 N–H and O–H groups in total. The first kappa shape index (κ1) is 21.7. The van der Waals surface area contributed by atoms with Gasteiger partial charge in [-0.1, -0.05) is 41.4 Å². The fourth-order valence-electron chi connectivity index (χ4n) is 4.00. The molecule has 6 nitrogen and oxygen atoms in total. The van der Waals surface area contributed by atoms with E-state index in [4.69, 9.17) is 16.3 Å². The molecule has 2 aliphatic rings. The van der Waals surface area contributed by atoms with Gasteiger partial charge in [0.15, 0.2) is 0 Å². The number of nitrogens with zero attached hydrogens (tertiary/aromatic N) is 1. The van der Waals surface area contributed by atoms with Gasteiger partial charge in [-0.15, -0.1) is 0 Å². The van der Waals surface area contributed by atoms with Crippen molar-refractivity contribution >= 4 is 29.1 Å². The van der Waals surface area contributed by atoms with Crippen molar-refractivity contribution in [3.05, 3.63) is 58.1 Å². The van der Waals surface area contributed by atoms with Gasteiger partial charge in [0.05, 0.1) is 23.4 Å². The Kier molecular flexibility index (Phi) is 6.49. The Balaban J connectivity index is 1.38. The first-order valence-electron chi connectivity index (χ1n) is 10.7. The van der Waals surface area contributed by atoms with E-state index in [9.17, 15) is 9.59 Å². The summed E-state index contributed by atoms with van der Waals surface area (Å²) in [5.41, 5.74) is 3.37. The molecule has 7 heteroatoms. The third-order valence-electron chi connectivity index (χ3n) is 5.84. The van der Waals surface area contributed by atoms with Crippen molar-refractivity contribution in [1.82, 2.24) is 10.2 Å². The van der Waals surface area contributed by atoms with Crippen molar-refractivity contribution in [3.8, 4) is 5.75 Å². The summed E-state index contributed by atoms with van der Waals surface area (Å²) in [5, 5.41) is 6.26. The van der Waals surface area contributed by atoms with Crippen LogP contribution in [-0.2, 0) is 11.3 Å². The normalized spacial score (nSPS) is 18.6. The summed E-state index contributed by atoms with van der Waals surface area (Å²) in [5.74, 6) is 0.194. The number of hydrogen-bond donors (Lipinski definition) is 2. The zero-order valence-corrected chi connectivity index (χ0v) is 18.7. The van der Waals surface area contributed by atoms with Crippen molar-refractivity contribution in [2.75, 3.05) is 25.5 Å². The van der Waals surface area contributed by atoms with Crippen LogP contribution in [0.3, 0.4) is 0 Å². The highest BCUT2D eigenvalue weighted by molar-refractivity contribution is 6.34. The van der Waals surface area contributed by atoms with Crippen LogP contribution in [0.1, 0.15) is 40.7 Å². The van der Waals surface area contributed by atoms with E-state index in [0.717, 1.165) is 38.9 Å². The second-order valence-corrected chi connectivity index (χ2v) is 8.89. The van der Waals surface area contributed by atoms with E-state index < -0.39 is 0 Å². The molecule has 2 aromatic carbocycles. The quantitative estimate of drug-likeness (QED) is 0.681. The third-order valence-corrected chi connectivity index (χ3v) is 6.15. The van der Waals surface area contributed by atoms with E-state index in [1.54, 1.807) is 12.1 Å². The van der Waals surface area contributed by atoms with Gasteiger partial charge in [-0.3, -0.25) is 14.5 Å². The number of nitrogens with one attached hydrogen (secondary N) is 2. The number of halogens is 1. The molecule has 2 fully saturated rings. The average molecular weight is 442 g/mol. The molecule has 31 heavy (non-hydrogen) atoms. The second kappa shape index (κ2) is 9.28. The molecule has 1 saturated carbocycles. The average Bonchev–Trinajstić information content (AvgIpc) is 3.51. The Morgan fingerprint density at radius 2 is 2.00 bits per heavy atom. The molecular weight excluding hydrogens is 414 g/mol. The monoisotopic (exact) mass is 441 g/mol. The van der Waals surface area contributed by atoms with Crippen LogP contribution in [0, 0.1) is 12.8 Å². The Labute approximate surface area is 187 Å². The van der Waals surface area contributed by atoms with Gasteiger partial charge in [-0.25, -0.2) is 0 Å². The second-order valence-electron chi connectivity index (χ2n) is 8.48. The van der Waals surface area contributed by atoms with E-state index in [1.807, 2.05) is 0 Å². The Morgan fingerprint density at radius 1 is 1.19 bits per heavy atom. The molecule has 0 bridgehead atoms. The van der Waals surface area contributed by atoms with Crippen molar-refractivity contribution in [1.29, 1.82) is 0 Å². The molecule has 0 aromatic heterocycles. The van der Waals surface area contributed by atoms with Gasteiger partial charge in [0.2, 0.25) is 5.91 Å². The summed E-state index contributed by atoms with van der Waals surface area (Å²) < 4.78 is 5.41. The van der Waals surface area contributed by atoms with Crippen LogP contribution < -0.4 is 15.4 Å². The van der Waals surface area contributed by atoms with E-state index in [1.165, 1.54) is 18.2 Å². The minimum Gasteiger partial charge on any atom is -0.496 e. The molecule has 0 radical (unpaired) electrons. The zero-order valence-electron chi connectivity index (χ0n) is 17.9. The lowest BCUT2D eigenvalue weighted by Crippen LogP contribution is -2.37. The Morgan fingerprint density at radius 3 is 2.71 bits per heavy atom. The summed E-state index contributed by atoms with van der Waals surface area (Å²) >= 11 is 6.36. The van der Waals surface area contributed by atoms with Gasteiger partial charge in [-0.2, -0.15) is 0 Å². The molecule has 1 heterocycles. The predicted molar refractivity (Wildman–Crippen MR) is 122 cm³/mol. The van der Waals surface area contributed by atoms with Crippen LogP contribution in [0.4, 0.5) is 5.69 Å². The maximum absolute atomic E-state index is 12.9. The number of rotatable bonds is 7. The number of likely N-dealkylation sites (tertiary alicyclic amines) is 1. The number of aryl methyl sites for hydroxylation is 1. The summed E-state index contributed by atoms with van der Waals surface area (Å²) in [4.78, 5) is 27.3. The largest absolute Gasteiger partial charge is 0.496 e. The number of amides is 2. The molecule has 0 unspecified atom stereocenters. The van der Waals surface area contributed by atoms with Crippen molar-refractivity contribution in [2.45, 2.75) is 38.8 Å². The SMILES string of the molecule is COc1cc(NC(=O)C2CC2)c(Cl)cc1C(=O)N[C@@H]1CCN(Cc2cccc(C)c2)C1. The molecule has 1 aliphatic carbocycles. The lowest BCUT2D eigenvalue weighted by atomic mass is 10.1. The van der Waals surface area contributed by atoms with Crippen LogP contribution in [0.5, 0.6) is 5.75 Å². The van der Waals surface area contributed by atoms with E-state index in [2.05, 4.69) is 46.7 Å². The smallest absolute Gasteiger partial charge is 0.255 e. The fourth-order valence-corrected chi connectivity index (χ4v) is 4.21. The zero-order chi connectivity index (χ0) is 22.0. The van der Waals surface area contributed by atoms with Gasteiger partial charge < -0.3 is 15.4 Å². The number of hydrogen-bond acceptors (Lipinski definition) is 4. The van der Waals surface area contributed by atoms with Crippen molar-refractivity contribution in [3.63, 3.8) is 0 Å². The van der Waals surface area contributed by atoms with E-state index >= 15 is 0 Å². The number of methoxy groups -OCH3 is 1. The summed E-state index contributed by atoms with van der Waals surface area (Å²) in [6.45, 7) is 4.70. The number of carbonyl (C=O) groups is 2. The van der Waals surface area contributed by atoms with Gasteiger partial charge in [0, 0.05) is 37.7 Å². The first-order chi connectivity index (χ1) is 14.9. The van der Waals surface area contributed by atoms with E-state index in [0.29, 0.717) is 22.0 Å². The topological polar surface area (TPSA) is 70.7 Å². The molecule has 4 rings (SSSR count). The predicted octanol–water partition coefficient (Wildman–Crippen LogP) is 4.01. The fraction of sp³-hybridized carbons (Fsp3) is 0.417. The highest BCUT2D eigenvalue weighted by Crippen LogP contribution is 2.34. The highest BCUT2D eigenvalue weighted by Gasteiger charge is 2.30. The molecule has 164 valence electrons. The van der Waals surface area contributed by atoms with Crippen LogP contribution in [0.2, 0.25) is 5.02 Å². The molecular formula is C24H28ClN3O3. The molecule has 0 spiro atoms. The lowest BCUT2D eigenvalue weighted by molar-refractivity contribution is -0.117. The van der Waals surface area contributed by atoms with E-state index in [-0.39, 0.29) is 23.8 Å². The molecule has 2 amide bonds. The van der Waals surface area contributed by atoms with Crippen molar-refractivity contribution < 1.29 is 14.3 Å². The standard InChI is InChI=1S/C24H28ClN3O3/c1-15-4-3-5-16(10-15)13-28-9-8-18(14-28)26-24(30)19-11-20(25)21(12-22(19)31-2)27-23(29)17-6-7-17/h3-5,10-12,17-18H,6-9,13-14H2,1-2H3,(H,26,30)(H,27,29)/t18-/m1/s1. The summed E-state index contributed by atoms with van der Waals surface area (Å²) in [7, 11) is 1.51. The minimum atomic E-state index is -0.221.